The van der Waals surface area contributed by atoms with Crippen molar-refractivity contribution in [3.63, 3.8) is 0 Å². The van der Waals surface area contributed by atoms with Gasteiger partial charge in [0, 0.05) is 51.0 Å². The van der Waals surface area contributed by atoms with Gasteiger partial charge in [-0.2, -0.15) is 0 Å². The smallest absolute Gasteiger partial charge is 0.0377 e. The zero-order chi connectivity index (χ0) is 16.8. The van der Waals surface area contributed by atoms with Gasteiger partial charge in [0.05, 0.1) is 0 Å². The maximum Gasteiger partial charge on any atom is 0.0377 e. The van der Waals surface area contributed by atoms with Crippen molar-refractivity contribution < 1.29 is 0 Å². The number of nitrogens with zero attached hydrogens (tertiary/aromatic N) is 2. The first-order valence-corrected chi connectivity index (χ1v) is 10.1. The first-order chi connectivity index (χ1) is 11.8. The molecule has 0 unspecified atom stereocenters. The average molecular weight is 330 g/mol. The Labute approximate surface area is 148 Å². The van der Waals surface area contributed by atoms with Gasteiger partial charge in [0.15, 0.2) is 0 Å². The van der Waals surface area contributed by atoms with Crippen LogP contribution >= 0.6 is 0 Å². The van der Waals surface area contributed by atoms with E-state index >= 15 is 0 Å². The normalized spacial score (nSPS) is 21.6. The number of anilines is 1. The van der Waals surface area contributed by atoms with Crippen LogP contribution in [-0.4, -0.2) is 44.2 Å². The molecule has 0 spiro atoms. The van der Waals surface area contributed by atoms with Crippen LogP contribution in [0, 0.1) is 5.92 Å². The van der Waals surface area contributed by atoms with Crippen LogP contribution in [0.15, 0.2) is 24.3 Å². The van der Waals surface area contributed by atoms with E-state index in [9.17, 15) is 0 Å². The Morgan fingerprint density at radius 1 is 1.00 bits per heavy atom. The average Bonchev–Trinajstić information content (AvgIpc) is 2.66. The highest BCUT2D eigenvalue weighted by Gasteiger charge is 2.30. The van der Waals surface area contributed by atoms with Gasteiger partial charge in [0.25, 0.3) is 0 Å². The highest BCUT2D eigenvalue weighted by Crippen LogP contribution is 2.39. The molecule has 3 nitrogen and oxygen atoms in total. The van der Waals surface area contributed by atoms with Gasteiger partial charge in [-0.25, -0.2) is 0 Å². The Morgan fingerprint density at radius 2 is 1.62 bits per heavy atom. The summed E-state index contributed by atoms with van der Waals surface area (Å²) in [6.45, 7) is 11.3. The first kappa shape index (κ1) is 17.8. The van der Waals surface area contributed by atoms with Crippen molar-refractivity contribution in [2.75, 3.05) is 44.2 Å². The minimum absolute atomic E-state index is 0.623. The Morgan fingerprint density at radius 3 is 2.21 bits per heavy atom. The lowest BCUT2D eigenvalue weighted by atomic mass is 9.80. The van der Waals surface area contributed by atoms with Crippen LogP contribution in [0.2, 0.25) is 0 Å². The summed E-state index contributed by atoms with van der Waals surface area (Å²) in [7, 11) is 0. The van der Waals surface area contributed by atoms with Gasteiger partial charge >= 0.3 is 0 Å². The lowest BCUT2D eigenvalue weighted by molar-refractivity contribution is 0.103. The zero-order valence-corrected chi connectivity index (χ0v) is 15.6. The molecule has 1 heterocycles. The van der Waals surface area contributed by atoms with Crippen molar-refractivity contribution in [2.45, 2.75) is 52.0 Å². The van der Waals surface area contributed by atoms with E-state index < -0.39 is 0 Å². The summed E-state index contributed by atoms with van der Waals surface area (Å²) in [6.07, 6.45) is 7.10. The highest BCUT2D eigenvalue weighted by molar-refractivity contribution is 5.48. The van der Waals surface area contributed by atoms with Crippen molar-refractivity contribution in [3.05, 3.63) is 29.8 Å². The minimum Gasteiger partial charge on any atom is -0.372 e. The Balaban J connectivity index is 1.81. The van der Waals surface area contributed by atoms with E-state index in [0.717, 1.165) is 32.1 Å². The van der Waals surface area contributed by atoms with Gasteiger partial charge in [0.1, 0.15) is 0 Å². The van der Waals surface area contributed by atoms with Gasteiger partial charge in [-0.05, 0) is 50.3 Å². The van der Waals surface area contributed by atoms with E-state index in [0.29, 0.717) is 6.04 Å². The van der Waals surface area contributed by atoms with E-state index in [1.54, 1.807) is 5.56 Å². The number of benzene rings is 1. The molecular formula is C21H35N3. The van der Waals surface area contributed by atoms with Gasteiger partial charge < -0.3 is 10.2 Å². The van der Waals surface area contributed by atoms with Crippen molar-refractivity contribution in [1.82, 2.24) is 10.2 Å². The van der Waals surface area contributed by atoms with Crippen molar-refractivity contribution in [3.8, 4) is 0 Å². The fraction of sp³-hybridized carbons (Fsp3) is 0.714. The van der Waals surface area contributed by atoms with Crippen LogP contribution < -0.4 is 10.2 Å². The molecule has 0 amide bonds. The maximum absolute atomic E-state index is 3.51. The number of piperazine rings is 1. The second-order valence-corrected chi connectivity index (χ2v) is 7.39. The second kappa shape index (κ2) is 8.87. The number of hydrogen-bond donors (Lipinski definition) is 1. The molecule has 0 aromatic heterocycles. The molecule has 0 bridgehead atoms. The van der Waals surface area contributed by atoms with Crippen molar-refractivity contribution in [1.29, 1.82) is 0 Å². The van der Waals surface area contributed by atoms with Crippen LogP contribution in [-0.2, 0) is 0 Å². The molecule has 1 aromatic carbocycles. The number of nitrogens with one attached hydrogen (secondary N) is 1. The third-order valence-corrected chi connectivity index (χ3v) is 6.00. The minimum atomic E-state index is 0.623. The molecule has 1 aliphatic carbocycles. The van der Waals surface area contributed by atoms with E-state index in [1.807, 2.05) is 0 Å². The SMILES string of the molecule is CCN(CC)c1ccc([C@@H](C2CCCCC2)N2CCNCC2)cc1. The molecule has 1 saturated carbocycles. The molecule has 3 rings (SSSR count). The van der Waals surface area contributed by atoms with Gasteiger partial charge in [-0.3, -0.25) is 4.90 Å². The van der Waals surface area contributed by atoms with Gasteiger partial charge in [0.2, 0.25) is 0 Å². The maximum atomic E-state index is 3.51. The van der Waals surface area contributed by atoms with E-state index in [1.165, 1.54) is 50.9 Å². The predicted octanol–water partition coefficient (Wildman–Crippen LogP) is 4.06. The third kappa shape index (κ3) is 4.12. The second-order valence-electron chi connectivity index (χ2n) is 7.39. The summed E-state index contributed by atoms with van der Waals surface area (Å²) in [5.74, 6) is 0.844. The number of rotatable bonds is 6. The van der Waals surface area contributed by atoms with Crippen LogP contribution in [0.25, 0.3) is 0 Å². The van der Waals surface area contributed by atoms with Crippen LogP contribution in [0.3, 0.4) is 0 Å². The summed E-state index contributed by atoms with van der Waals surface area (Å²) in [4.78, 5) is 5.18. The molecule has 2 fully saturated rings. The Bertz CT molecular complexity index is 450. The summed E-state index contributed by atoms with van der Waals surface area (Å²) < 4.78 is 0. The highest BCUT2D eigenvalue weighted by atomic mass is 15.2. The molecule has 3 heteroatoms. The molecule has 134 valence electrons. The number of hydrogen-bond acceptors (Lipinski definition) is 3. The standard InChI is InChI=1S/C21H35N3/c1-3-23(4-2)20-12-10-19(11-13-20)21(18-8-6-5-7-9-18)24-16-14-22-15-17-24/h10-13,18,21-22H,3-9,14-17H2,1-2H3/t21-/m1/s1. The van der Waals surface area contributed by atoms with E-state index in [2.05, 4.69) is 53.2 Å². The fourth-order valence-corrected chi connectivity index (χ4v) is 4.66. The van der Waals surface area contributed by atoms with E-state index in [4.69, 9.17) is 0 Å². The predicted molar refractivity (Wildman–Crippen MR) is 104 cm³/mol. The van der Waals surface area contributed by atoms with Crippen LogP contribution in [0.5, 0.6) is 0 Å². The summed E-state index contributed by atoms with van der Waals surface area (Å²) >= 11 is 0. The van der Waals surface area contributed by atoms with Crippen molar-refractivity contribution >= 4 is 5.69 Å². The molecule has 1 N–H and O–H groups in total. The van der Waals surface area contributed by atoms with Gasteiger partial charge in [-0.15, -0.1) is 0 Å². The lowest BCUT2D eigenvalue weighted by Crippen LogP contribution is -2.47. The molecule has 1 aromatic rings. The first-order valence-electron chi connectivity index (χ1n) is 10.1. The Hall–Kier alpha value is -1.06. The van der Waals surface area contributed by atoms with Crippen LogP contribution in [0.1, 0.15) is 57.6 Å². The lowest BCUT2D eigenvalue weighted by Gasteiger charge is -2.41. The summed E-state index contributed by atoms with van der Waals surface area (Å²) in [5, 5.41) is 3.51. The molecule has 1 atom stereocenters. The summed E-state index contributed by atoms with van der Waals surface area (Å²) in [6, 6.07) is 10.1. The van der Waals surface area contributed by atoms with Crippen LogP contribution in [0.4, 0.5) is 5.69 Å². The molecule has 1 saturated heterocycles. The van der Waals surface area contributed by atoms with Gasteiger partial charge in [-0.1, -0.05) is 31.4 Å². The topological polar surface area (TPSA) is 18.5 Å². The molecular weight excluding hydrogens is 294 g/mol. The largest absolute Gasteiger partial charge is 0.372 e. The Kier molecular flexibility index (Phi) is 6.56. The molecule has 24 heavy (non-hydrogen) atoms. The molecule has 2 aliphatic rings. The molecule has 0 radical (unpaired) electrons. The summed E-state index contributed by atoms with van der Waals surface area (Å²) in [5.41, 5.74) is 2.91. The molecule has 1 aliphatic heterocycles. The monoisotopic (exact) mass is 329 g/mol. The zero-order valence-electron chi connectivity index (χ0n) is 15.6. The van der Waals surface area contributed by atoms with E-state index in [-0.39, 0.29) is 0 Å². The fourth-order valence-electron chi connectivity index (χ4n) is 4.66. The third-order valence-electron chi connectivity index (χ3n) is 6.00. The van der Waals surface area contributed by atoms with Crippen molar-refractivity contribution in [2.24, 2.45) is 5.92 Å². The quantitative estimate of drug-likeness (QED) is 0.849.